The molecule has 0 saturated heterocycles. The van der Waals surface area contributed by atoms with Crippen LogP contribution >= 0.6 is 0 Å². The van der Waals surface area contributed by atoms with Gasteiger partial charge in [-0.25, -0.2) is 4.79 Å². The predicted octanol–water partition coefficient (Wildman–Crippen LogP) is -0.0197. The van der Waals surface area contributed by atoms with Gasteiger partial charge < -0.3 is 9.84 Å². The Morgan fingerprint density at radius 1 is 1.23 bits per heavy atom. The molecule has 0 heterocycles. The number of hydrogen-bond donors (Lipinski definition) is 1. The first-order chi connectivity index (χ1) is 5.70. The third-order valence-corrected chi connectivity index (χ3v) is 1.34. The van der Waals surface area contributed by atoms with E-state index in [1.54, 1.807) is 0 Å². The quantitative estimate of drug-likeness (QED) is 0.292. The van der Waals surface area contributed by atoms with Crippen molar-refractivity contribution in [1.82, 2.24) is 0 Å². The SMILES string of the molecule is CCCCCC(=O)OC(=O)CO.[NaH]. The fraction of sp³-hybridized carbons (Fsp3) is 0.750. The molecule has 0 bridgehead atoms. The number of aliphatic hydroxyl groups excluding tert-OH is 1. The van der Waals surface area contributed by atoms with Gasteiger partial charge in [-0.15, -0.1) is 0 Å². The first kappa shape index (κ1) is 15.6. The molecule has 13 heavy (non-hydrogen) atoms. The topological polar surface area (TPSA) is 63.6 Å². The Morgan fingerprint density at radius 3 is 2.31 bits per heavy atom. The minimum absolute atomic E-state index is 0. The first-order valence-corrected chi connectivity index (χ1v) is 4.05. The molecule has 0 unspecified atom stereocenters. The molecular formula is C8H15NaO4. The molecule has 0 aliphatic heterocycles. The average Bonchev–Trinajstić information content (AvgIpc) is 2.05. The maximum absolute atomic E-state index is 10.7. The van der Waals surface area contributed by atoms with Gasteiger partial charge in [0.15, 0.2) is 0 Å². The van der Waals surface area contributed by atoms with E-state index in [4.69, 9.17) is 5.11 Å². The van der Waals surface area contributed by atoms with E-state index in [2.05, 4.69) is 4.74 Å². The van der Waals surface area contributed by atoms with Crippen LogP contribution in [0, 0.1) is 0 Å². The van der Waals surface area contributed by atoms with Crippen molar-refractivity contribution in [1.29, 1.82) is 0 Å². The summed E-state index contributed by atoms with van der Waals surface area (Å²) in [7, 11) is 0. The number of hydrogen-bond acceptors (Lipinski definition) is 4. The van der Waals surface area contributed by atoms with Crippen LogP contribution in [0.2, 0.25) is 0 Å². The van der Waals surface area contributed by atoms with Crippen molar-refractivity contribution in [3.05, 3.63) is 0 Å². The summed E-state index contributed by atoms with van der Waals surface area (Å²) in [5.41, 5.74) is 0. The second-order valence-electron chi connectivity index (χ2n) is 2.46. The van der Waals surface area contributed by atoms with Gasteiger partial charge in [0.2, 0.25) is 0 Å². The number of rotatable bonds is 5. The third kappa shape index (κ3) is 10.0. The van der Waals surface area contributed by atoms with Gasteiger partial charge in [-0.05, 0) is 6.42 Å². The Balaban J connectivity index is 0. The van der Waals surface area contributed by atoms with Gasteiger partial charge in [-0.3, -0.25) is 4.79 Å². The summed E-state index contributed by atoms with van der Waals surface area (Å²) in [6.45, 7) is 1.28. The molecule has 0 aromatic rings. The Kier molecular flexibility index (Phi) is 12.2. The van der Waals surface area contributed by atoms with Gasteiger partial charge >= 0.3 is 41.5 Å². The van der Waals surface area contributed by atoms with Crippen LogP contribution in [-0.4, -0.2) is 53.2 Å². The van der Waals surface area contributed by atoms with E-state index in [0.29, 0.717) is 0 Å². The van der Waals surface area contributed by atoms with Crippen LogP contribution in [0.5, 0.6) is 0 Å². The summed E-state index contributed by atoms with van der Waals surface area (Å²) < 4.78 is 4.22. The molecule has 1 N–H and O–H groups in total. The zero-order valence-electron chi connectivity index (χ0n) is 7.21. The van der Waals surface area contributed by atoms with E-state index in [1.165, 1.54) is 0 Å². The van der Waals surface area contributed by atoms with Gasteiger partial charge in [0.05, 0.1) is 0 Å². The van der Waals surface area contributed by atoms with E-state index in [9.17, 15) is 9.59 Å². The van der Waals surface area contributed by atoms with Gasteiger partial charge in [0.1, 0.15) is 6.61 Å². The van der Waals surface area contributed by atoms with Crippen LogP contribution in [-0.2, 0) is 14.3 Å². The van der Waals surface area contributed by atoms with Crippen LogP contribution in [0.3, 0.4) is 0 Å². The standard InChI is InChI=1S/C8H14O4.Na.H/c1-2-3-4-5-7(10)12-8(11)6-9;;/h9H,2-6H2,1H3;;. The Hall–Kier alpha value is 0.1000. The Bertz CT molecular complexity index is 158. The van der Waals surface area contributed by atoms with Crippen LogP contribution < -0.4 is 0 Å². The number of ether oxygens (including phenoxy) is 1. The number of carbonyl (C=O) groups is 2. The maximum atomic E-state index is 10.7. The van der Waals surface area contributed by atoms with Crippen molar-refractivity contribution >= 4 is 41.5 Å². The fourth-order valence-electron chi connectivity index (χ4n) is 0.730. The van der Waals surface area contributed by atoms with Gasteiger partial charge in [0, 0.05) is 6.42 Å². The van der Waals surface area contributed by atoms with E-state index in [0.717, 1.165) is 19.3 Å². The number of unbranched alkanes of at least 4 members (excludes halogenated alkanes) is 2. The van der Waals surface area contributed by atoms with Gasteiger partial charge in [-0.1, -0.05) is 19.8 Å². The molecule has 72 valence electrons. The summed E-state index contributed by atoms with van der Waals surface area (Å²) in [4.78, 5) is 21.1. The second kappa shape index (κ2) is 10.2. The van der Waals surface area contributed by atoms with Crippen LogP contribution in [0.15, 0.2) is 0 Å². The molecule has 0 spiro atoms. The normalized spacial score (nSPS) is 8.77. The van der Waals surface area contributed by atoms with Gasteiger partial charge in [0.25, 0.3) is 0 Å². The number of aliphatic hydroxyl groups is 1. The minimum atomic E-state index is -0.878. The second-order valence-corrected chi connectivity index (χ2v) is 2.46. The molecule has 0 saturated carbocycles. The van der Waals surface area contributed by atoms with E-state index >= 15 is 0 Å². The third-order valence-electron chi connectivity index (χ3n) is 1.34. The van der Waals surface area contributed by atoms with Crippen molar-refractivity contribution in [3.8, 4) is 0 Å². The molecular weight excluding hydrogens is 183 g/mol. The summed E-state index contributed by atoms with van der Waals surface area (Å²) in [6, 6.07) is 0. The molecule has 0 aliphatic carbocycles. The Labute approximate surface area is 99.9 Å². The molecule has 4 nitrogen and oxygen atoms in total. The zero-order chi connectivity index (χ0) is 9.40. The summed E-state index contributed by atoms with van der Waals surface area (Å²) in [6.07, 6.45) is 2.94. The monoisotopic (exact) mass is 198 g/mol. The van der Waals surface area contributed by atoms with Crippen molar-refractivity contribution in [2.45, 2.75) is 32.6 Å². The van der Waals surface area contributed by atoms with Crippen LogP contribution in [0.1, 0.15) is 32.6 Å². The molecule has 0 aromatic heterocycles. The molecule has 0 aliphatic rings. The number of carbonyl (C=O) groups excluding carboxylic acids is 2. The molecule has 0 atom stereocenters. The van der Waals surface area contributed by atoms with Crippen LogP contribution in [0.4, 0.5) is 0 Å². The molecule has 0 aromatic carbocycles. The van der Waals surface area contributed by atoms with Crippen molar-refractivity contribution in [2.24, 2.45) is 0 Å². The number of esters is 2. The van der Waals surface area contributed by atoms with E-state index in [-0.39, 0.29) is 36.0 Å². The summed E-state index contributed by atoms with van der Waals surface area (Å²) in [5.74, 6) is -1.43. The Morgan fingerprint density at radius 2 is 1.85 bits per heavy atom. The average molecular weight is 198 g/mol. The predicted molar refractivity (Wildman–Crippen MR) is 49.5 cm³/mol. The first-order valence-electron chi connectivity index (χ1n) is 4.05. The summed E-state index contributed by atoms with van der Waals surface area (Å²) in [5, 5.41) is 8.23. The van der Waals surface area contributed by atoms with E-state index < -0.39 is 18.5 Å². The van der Waals surface area contributed by atoms with Gasteiger partial charge in [-0.2, -0.15) is 0 Å². The van der Waals surface area contributed by atoms with Crippen LogP contribution in [0.25, 0.3) is 0 Å². The van der Waals surface area contributed by atoms with Crippen molar-refractivity contribution in [3.63, 3.8) is 0 Å². The van der Waals surface area contributed by atoms with Crippen molar-refractivity contribution in [2.75, 3.05) is 6.61 Å². The van der Waals surface area contributed by atoms with E-state index in [1.807, 2.05) is 6.92 Å². The zero-order valence-corrected chi connectivity index (χ0v) is 7.21. The van der Waals surface area contributed by atoms with Crippen molar-refractivity contribution < 1.29 is 19.4 Å². The molecule has 0 amide bonds. The molecule has 5 heteroatoms. The summed E-state index contributed by atoms with van der Waals surface area (Å²) >= 11 is 0. The fourth-order valence-corrected chi connectivity index (χ4v) is 0.730. The molecule has 0 rings (SSSR count). The molecule has 0 fully saturated rings. The molecule has 0 radical (unpaired) electrons.